The molecule has 0 N–H and O–H groups in total. The summed E-state index contributed by atoms with van der Waals surface area (Å²) in [4.78, 5) is 15.4. The average Bonchev–Trinajstić information content (AvgIpc) is 3.14. The lowest BCUT2D eigenvalue weighted by Crippen LogP contribution is -2.45. The Hall–Kier alpha value is -3.32. The topological polar surface area (TPSA) is 66.9 Å². The summed E-state index contributed by atoms with van der Waals surface area (Å²) >= 11 is 0. The van der Waals surface area contributed by atoms with E-state index in [1.807, 2.05) is 45.0 Å². The van der Waals surface area contributed by atoms with Crippen molar-refractivity contribution < 1.29 is 17.9 Å². The summed E-state index contributed by atoms with van der Waals surface area (Å²) in [6.45, 7) is 5.48. The van der Waals surface area contributed by atoms with Crippen LogP contribution in [0.4, 0.5) is 11.4 Å². The molecule has 1 aliphatic heterocycles. The number of amides is 1. The Morgan fingerprint density at radius 1 is 1.03 bits per heavy atom. The molecule has 0 unspecified atom stereocenters. The van der Waals surface area contributed by atoms with E-state index in [1.54, 1.807) is 54.5 Å². The monoisotopic (exact) mass is 464 g/mol. The Kier molecular flexibility index (Phi) is 6.17. The minimum Gasteiger partial charge on any atom is -0.497 e. The molecule has 7 heteroatoms. The zero-order valence-electron chi connectivity index (χ0n) is 19.3. The first-order valence-corrected chi connectivity index (χ1v) is 12.3. The van der Waals surface area contributed by atoms with Crippen LogP contribution in [0.2, 0.25) is 0 Å². The second-order valence-electron chi connectivity index (χ2n) is 8.40. The zero-order valence-corrected chi connectivity index (χ0v) is 20.1. The molecule has 0 bridgehead atoms. The molecule has 3 aromatic rings. The van der Waals surface area contributed by atoms with Gasteiger partial charge in [-0.25, -0.2) is 8.42 Å². The third-order valence-electron chi connectivity index (χ3n) is 6.18. The summed E-state index contributed by atoms with van der Waals surface area (Å²) in [7, 11) is -2.44. The van der Waals surface area contributed by atoms with Crippen LogP contribution in [-0.2, 0) is 21.2 Å². The molecule has 0 fully saturated rings. The number of para-hydroxylation sites is 1. The molecule has 1 heterocycles. The van der Waals surface area contributed by atoms with Gasteiger partial charge in [0.2, 0.25) is 5.91 Å². The van der Waals surface area contributed by atoms with E-state index in [0.29, 0.717) is 11.4 Å². The Morgan fingerprint density at radius 2 is 1.73 bits per heavy atom. The SMILES string of the molecule is COc1ccc(N(CC(=O)N2c3ccccc3C[C@@H]2C)S(=O)(=O)c2ccc(C)c(C)c2)cc1. The fourth-order valence-electron chi connectivity index (χ4n) is 4.21. The molecular weight excluding hydrogens is 436 g/mol. The first kappa shape index (κ1) is 22.9. The van der Waals surface area contributed by atoms with E-state index >= 15 is 0 Å². The van der Waals surface area contributed by atoms with E-state index in [0.717, 1.165) is 28.8 Å². The number of carbonyl (C=O) groups excluding carboxylic acids is 1. The van der Waals surface area contributed by atoms with Crippen molar-refractivity contribution in [2.75, 3.05) is 22.9 Å². The van der Waals surface area contributed by atoms with Crippen LogP contribution in [-0.4, -0.2) is 34.0 Å². The largest absolute Gasteiger partial charge is 0.497 e. The molecule has 6 nitrogen and oxygen atoms in total. The van der Waals surface area contributed by atoms with Crippen LogP contribution >= 0.6 is 0 Å². The van der Waals surface area contributed by atoms with Crippen molar-refractivity contribution in [1.82, 2.24) is 0 Å². The fraction of sp³-hybridized carbons (Fsp3) is 0.269. The number of carbonyl (C=O) groups is 1. The maximum absolute atomic E-state index is 13.8. The van der Waals surface area contributed by atoms with Gasteiger partial charge in [0, 0.05) is 11.7 Å². The molecule has 1 atom stereocenters. The van der Waals surface area contributed by atoms with Gasteiger partial charge in [0.15, 0.2) is 0 Å². The standard InChI is InChI=1S/C26H28N2O4S/c1-18-9-14-24(15-19(18)2)33(30,31)27(22-10-12-23(32-4)13-11-22)17-26(29)28-20(3)16-21-7-5-6-8-25(21)28/h5-15,20H,16-17H2,1-4H3/t20-/m0/s1. The molecule has 1 aliphatic rings. The van der Waals surface area contributed by atoms with Crippen molar-refractivity contribution in [2.45, 2.75) is 38.1 Å². The van der Waals surface area contributed by atoms with E-state index in [4.69, 9.17) is 4.74 Å². The molecule has 172 valence electrons. The van der Waals surface area contributed by atoms with Crippen LogP contribution in [0.3, 0.4) is 0 Å². The van der Waals surface area contributed by atoms with E-state index in [1.165, 1.54) is 4.31 Å². The van der Waals surface area contributed by atoms with Crippen molar-refractivity contribution in [2.24, 2.45) is 0 Å². The Labute approximate surface area is 195 Å². The number of methoxy groups -OCH3 is 1. The number of benzene rings is 3. The summed E-state index contributed by atoms with van der Waals surface area (Å²) < 4.78 is 33.9. The van der Waals surface area contributed by atoms with Crippen molar-refractivity contribution >= 4 is 27.3 Å². The highest BCUT2D eigenvalue weighted by Crippen LogP contribution is 2.33. The van der Waals surface area contributed by atoms with Crippen LogP contribution in [0.25, 0.3) is 0 Å². The third-order valence-corrected chi connectivity index (χ3v) is 7.95. The Balaban J connectivity index is 1.74. The molecule has 0 saturated carbocycles. The molecule has 0 spiro atoms. The normalized spacial score (nSPS) is 15.3. The second-order valence-corrected chi connectivity index (χ2v) is 10.3. The van der Waals surface area contributed by atoms with E-state index in [9.17, 15) is 13.2 Å². The number of hydrogen-bond acceptors (Lipinski definition) is 4. The zero-order chi connectivity index (χ0) is 23.8. The molecule has 0 aliphatic carbocycles. The predicted molar refractivity (Wildman–Crippen MR) is 131 cm³/mol. The molecule has 4 rings (SSSR count). The van der Waals surface area contributed by atoms with Gasteiger partial charge in [0.1, 0.15) is 12.3 Å². The van der Waals surface area contributed by atoms with Gasteiger partial charge in [-0.2, -0.15) is 0 Å². The minimum absolute atomic E-state index is 0.0445. The number of nitrogens with zero attached hydrogens (tertiary/aromatic N) is 2. The van der Waals surface area contributed by atoms with Gasteiger partial charge in [-0.1, -0.05) is 24.3 Å². The summed E-state index contributed by atoms with van der Waals surface area (Å²) in [5.74, 6) is 0.339. The van der Waals surface area contributed by atoms with Gasteiger partial charge < -0.3 is 9.64 Å². The molecule has 0 radical (unpaired) electrons. The number of sulfonamides is 1. The maximum atomic E-state index is 13.8. The Bertz CT molecular complexity index is 1290. The molecular formula is C26H28N2O4S. The first-order chi connectivity index (χ1) is 15.7. The molecule has 3 aromatic carbocycles. The van der Waals surface area contributed by atoms with E-state index < -0.39 is 10.0 Å². The van der Waals surface area contributed by atoms with Crippen LogP contribution in [0, 0.1) is 13.8 Å². The van der Waals surface area contributed by atoms with Crippen molar-refractivity contribution in [3.63, 3.8) is 0 Å². The number of anilines is 2. The number of aryl methyl sites for hydroxylation is 2. The van der Waals surface area contributed by atoms with Gasteiger partial charge >= 0.3 is 0 Å². The Morgan fingerprint density at radius 3 is 2.39 bits per heavy atom. The highest BCUT2D eigenvalue weighted by molar-refractivity contribution is 7.92. The number of rotatable bonds is 6. The molecule has 1 amide bonds. The lowest BCUT2D eigenvalue weighted by atomic mass is 10.1. The van der Waals surface area contributed by atoms with Crippen molar-refractivity contribution in [1.29, 1.82) is 0 Å². The average molecular weight is 465 g/mol. The smallest absolute Gasteiger partial charge is 0.264 e. The molecule has 0 saturated heterocycles. The summed E-state index contributed by atoms with van der Waals surface area (Å²) in [6, 6.07) is 19.4. The highest BCUT2D eigenvalue weighted by atomic mass is 32.2. The quantitative estimate of drug-likeness (QED) is 0.539. The van der Waals surface area contributed by atoms with Gasteiger partial charge in [-0.15, -0.1) is 0 Å². The van der Waals surface area contributed by atoms with Crippen molar-refractivity contribution in [3.8, 4) is 5.75 Å². The summed E-state index contributed by atoms with van der Waals surface area (Å²) in [5, 5.41) is 0. The highest BCUT2D eigenvalue weighted by Gasteiger charge is 2.34. The number of fused-ring (bicyclic) bond motifs is 1. The molecule has 33 heavy (non-hydrogen) atoms. The fourth-order valence-corrected chi connectivity index (χ4v) is 5.71. The van der Waals surface area contributed by atoms with Gasteiger partial charge in [0.25, 0.3) is 10.0 Å². The van der Waals surface area contributed by atoms with Gasteiger partial charge in [0.05, 0.1) is 17.7 Å². The predicted octanol–water partition coefficient (Wildman–Crippen LogP) is 4.49. The van der Waals surface area contributed by atoms with Crippen LogP contribution < -0.4 is 13.9 Å². The van der Waals surface area contributed by atoms with E-state index in [-0.39, 0.29) is 23.4 Å². The number of ether oxygens (including phenoxy) is 1. The first-order valence-electron chi connectivity index (χ1n) is 10.9. The van der Waals surface area contributed by atoms with Crippen LogP contribution in [0.5, 0.6) is 5.75 Å². The van der Waals surface area contributed by atoms with Crippen LogP contribution in [0.1, 0.15) is 23.6 Å². The van der Waals surface area contributed by atoms with Crippen LogP contribution in [0.15, 0.2) is 71.6 Å². The van der Waals surface area contributed by atoms with Gasteiger partial charge in [-0.05, 0) is 86.3 Å². The minimum atomic E-state index is -3.99. The van der Waals surface area contributed by atoms with Gasteiger partial charge in [-0.3, -0.25) is 9.10 Å². The number of hydrogen-bond donors (Lipinski definition) is 0. The lowest BCUT2D eigenvalue weighted by Gasteiger charge is -2.29. The molecule has 0 aromatic heterocycles. The van der Waals surface area contributed by atoms with E-state index in [2.05, 4.69) is 0 Å². The van der Waals surface area contributed by atoms with Crippen molar-refractivity contribution in [3.05, 3.63) is 83.4 Å². The lowest BCUT2D eigenvalue weighted by molar-refractivity contribution is -0.117. The summed E-state index contributed by atoms with van der Waals surface area (Å²) in [6.07, 6.45) is 0.744. The maximum Gasteiger partial charge on any atom is 0.264 e. The second kappa shape index (κ2) is 8.90. The summed E-state index contributed by atoms with van der Waals surface area (Å²) in [5.41, 5.74) is 4.21. The third kappa shape index (κ3) is 4.33.